The zero-order valence-electron chi connectivity index (χ0n) is 11.7. The van der Waals surface area contributed by atoms with Gasteiger partial charge in [-0.05, 0) is 30.0 Å². The van der Waals surface area contributed by atoms with Gasteiger partial charge in [0.1, 0.15) is 0 Å². The number of hydrogen-bond donors (Lipinski definition) is 1. The number of rotatable bonds is 3. The fraction of sp³-hybridized carbons (Fsp3) is 0.312. The maximum atomic E-state index is 12.7. The van der Waals surface area contributed by atoms with Gasteiger partial charge in [0.2, 0.25) is 5.91 Å². The first-order chi connectivity index (χ1) is 9.68. The Morgan fingerprint density at radius 2 is 2.15 bits per heavy atom. The van der Waals surface area contributed by atoms with Gasteiger partial charge in [-0.15, -0.1) is 11.3 Å². The average Bonchev–Trinajstić information content (AvgIpc) is 3.14. The molecule has 0 bridgehead atoms. The number of carbonyl (C=O) groups excluding carboxylic acids is 1. The van der Waals surface area contributed by atoms with Crippen molar-refractivity contribution in [2.24, 2.45) is 0 Å². The first-order valence-corrected chi connectivity index (χ1v) is 7.69. The first kappa shape index (κ1) is 13.2. The molecule has 1 aromatic carbocycles. The summed E-state index contributed by atoms with van der Waals surface area (Å²) in [5.41, 5.74) is 2.20. The van der Waals surface area contributed by atoms with E-state index in [1.807, 2.05) is 42.3 Å². The monoisotopic (exact) mass is 286 g/mol. The molecule has 104 valence electrons. The van der Waals surface area contributed by atoms with Crippen molar-refractivity contribution in [2.45, 2.75) is 18.9 Å². The summed E-state index contributed by atoms with van der Waals surface area (Å²) < 4.78 is 0. The van der Waals surface area contributed by atoms with Crippen LogP contribution in [0.5, 0.6) is 0 Å². The highest BCUT2D eigenvalue weighted by molar-refractivity contribution is 7.10. The van der Waals surface area contributed by atoms with E-state index in [1.54, 1.807) is 11.3 Å². The number of fused-ring (bicyclic) bond motifs is 1. The van der Waals surface area contributed by atoms with Crippen molar-refractivity contribution in [3.63, 3.8) is 0 Å². The maximum Gasteiger partial charge on any atom is 0.232 e. The standard InChI is InChI=1S/C16H18N2OS/c1-11(15-8-5-9-20-15)18(2)16(19)13-10-17-14-7-4-3-6-12(13)14/h3-9,11,13,17H,10H2,1-2H3. The lowest BCUT2D eigenvalue weighted by molar-refractivity contribution is -0.132. The average molecular weight is 286 g/mol. The molecule has 2 unspecified atom stereocenters. The predicted molar refractivity (Wildman–Crippen MR) is 83.2 cm³/mol. The minimum Gasteiger partial charge on any atom is -0.384 e. The number of hydrogen-bond acceptors (Lipinski definition) is 3. The van der Waals surface area contributed by atoms with Gasteiger partial charge in [0.25, 0.3) is 0 Å². The summed E-state index contributed by atoms with van der Waals surface area (Å²) in [4.78, 5) is 15.8. The van der Waals surface area contributed by atoms with Crippen LogP contribution in [0.2, 0.25) is 0 Å². The van der Waals surface area contributed by atoms with Crippen molar-refractivity contribution in [3.05, 3.63) is 52.2 Å². The molecule has 2 heterocycles. The van der Waals surface area contributed by atoms with Gasteiger partial charge < -0.3 is 10.2 Å². The number of para-hydroxylation sites is 1. The van der Waals surface area contributed by atoms with Gasteiger partial charge in [-0.3, -0.25) is 4.79 Å². The van der Waals surface area contributed by atoms with E-state index in [4.69, 9.17) is 0 Å². The first-order valence-electron chi connectivity index (χ1n) is 6.81. The normalized spacial score (nSPS) is 18.2. The topological polar surface area (TPSA) is 32.3 Å². The number of benzene rings is 1. The third kappa shape index (κ3) is 2.20. The Balaban J connectivity index is 1.80. The van der Waals surface area contributed by atoms with Crippen molar-refractivity contribution < 1.29 is 4.79 Å². The van der Waals surface area contributed by atoms with Crippen molar-refractivity contribution in [3.8, 4) is 0 Å². The predicted octanol–water partition coefficient (Wildman–Crippen LogP) is 3.48. The molecule has 1 aliphatic rings. The van der Waals surface area contributed by atoms with Crippen LogP contribution in [-0.2, 0) is 4.79 Å². The fourth-order valence-corrected chi connectivity index (χ4v) is 3.49. The summed E-state index contributed by atoms with van der Waals surface area (Å²) in [6.07, 6.45) is 0. The molecule has 20 heavy (non-hydrogen) atoms. The quantitative estimate of drug-likeness (QED) is 0.937. The second-order valence-electron chi connectivity index (χ2n) is 5.16. The minimum atomic E-state index is -0.0707. The zero-order chi connectivity index (χ0) is 14.1. The van der Waals surface area contributed by atoms with Crippen molar-refractivity contribution >= 4 is 22.9 Å². The Bertz CT molecular complexity index is 609. The van der Waals surface area contributed by atoms with Gasteiger partial charge in [-0.1, -0.05) is 24.3 Å². The van der Waals surface area contributed by atoms with Crippen LogP contribution >= 0.6 is 11.3 Å². The number of anilines is 1. The highest BCUT2D eigenvalue weighted by atomic mass is 32.1. The molecule has 0 saturated heterocycles. The molecule has 0 spiro atoms. The van der Waals surface area contributed by atoms with E-state index in [0.29, 0.717) is 6.54 Å². The third-order valence-corrected chi connectivity index (χ3v) is 5.06. The largest absolute Gasteiger partial charge is 0.384 e. The lowest BCUT2D eigenvalue weighted by Crippen LogP contribution is -2.34. The second kappa shape index (κ2) is 5.29. The highest BCUT2D eigenvalue weighted by Crippen LogP contribution is 2.34. The van der Waals surface area contributed by atoms with Crippen molar-refractivity contribution in [1.82, 2.24) is 4.90 Å². The Morgan fingerprint density at radius 3 is 2.90 bits per heavy atom. The number of amides is 1. The second-order valence-corrected chi connectivity index (χ2v) is 6.14. The summed E-state index contributed by atoms with van der Waals surface area (Å²) in [7, 11) is 1.90. The molecule has 3 rings (SSSR count). The van der Waals surface area contributed by atoms with Gasteiger partial charge in [-0.25, -0.2) is 0 Å². The van der Waals surface area contributed by atoms with E-state index in [9.17, 15) is 4.79 Å². The minimum absolute atomic E-state index is 0.0707. The summed E-state index contributed by atoms with van der Waals surface area (Å²) in [6.45, 7) is 2.78. The maximum absolute atomic E-state index is 12.7. The third-order valence-electron chi connectivity index (χ3n) is 4.01. The summed E-state index contributed by atoms with van der Waals surface area (Å²) in [6, 6.07) is 12.3. The molecule has 4 heteroatoms. The zero-order valence-corrected chi connectivity index (χ0v) is 12.5. The Labute approximate surface area is 123 Å². The molecule has 0 aliphatic carbocycles. The molecule has 3 nitrogen and oxygen atoms in total. The van der Waals surface area contributed by atoms with Crippen LogP contribution in [0.25, 0.3) is 0 Å². The summed E-state index contributed by atoms with van der Waals surface area (Å²) in [5, 5.41) is 5.37. The van der Waals surface area contributed by atoms with Crippen molar-refractivity contribution in [1.29, 1.82) is 0 Å². The van der Waals surface area contributed by atoms with Crippen LogP contribution in [0.3, 0.4) is 0 Å². The Kier molecular flexibility index (Phi) is 3.49. The van der Waals surface area contributed by atoms with E-state index < -0.39 is 0 Å². The van der Waals surface area contributed by atoms with E-state index in [1.165, 1.54) is 4.88 Å². The highest BCUT2D eigenvalue weighted by Gasteiger charge is 2.32. The van der Waals surface area contributed by atoms with Crippen LogP contribution in [0.1, 0.15) is 29.3 Å². The molecule has 1 aromatic heterocycles. The lowest BCUT2D eigenvalue weighted by atomic mass is 9.99. The van der Waals surface area contributed by atoms with Crippen LogP contribution in [0.4, 0.5) is 5.69 Å². The number of nitrogens with zero attached hydrogens (tertiary/aromatic N) is 1. The molecule has 0 radical (unpaired) electrons. The molecule has 1 N–H and O–H groups in total. The van der Waals surface area contributed by atoms with Gasteiger partial charge in [-0.2, -0.15) is 0 Å². The fourth-order valence-electron chi connectivity index (χ4n) is 2.66. The molecule has 1 amide bonds. The molecule has 2 atom stereocenters. The van der Waals surface area contributed by atoms with Gasteiger partial charge in [0, 0.05) is 24.2 Å². The van der Waals surface area contributed by atoms with Crippen molar-refractivity contribution in [2.75, 3.05) is 18.9 Å². The van der Waals surface area contributed by atoms with Crippen LogP contribution in [0.15, 0.2) is 41.8 Å². The van der Waals surface area contributed by atoms with E-state index in [0.717, 1.165) is 11.3 Å². The Morgan fingerprint density at radius 1 is 1.35 bits per heavy atom. The number of carbonyl (C=O) groups is 1. The van der Waals surface area contributed by atoms with E-state index in [2.05, 4.69) is 23.7 Å². The SMILES string of the molecule is CC(c1cccs1)N(C)C(=O)C1CNc2ccccc21. The van der Waals surface area contributed by atoms with E-state index in [-0.39, 0.29) is 17.9 Å². The molecule has 0 saturated carbocycles. The molecule has 0 fully saturated rings. The smallest absolute Gasteiger partial charge is 0.232 e. The molecular weight excluding hydrogens is 268 g/mol. The summed E-state index contributed by atoms with van der Waals surface area (Å²) in [5.74, 6) is 0.113. The van der Waals surface area contributed by atoms with Gasteiger partial charge in [0.15, 0.2) is 0 Å². The molecular formula is C16H18N2OS. The lowest BCUT2D eigenvalue weighted by Gasteiger charge is -2.27. The number of nitrogens with one attached hydrogen (secondary N) is 1. The van der Waals surface area contributed by atoms with Crippen LogP contribution in [-0.4, -0.2) is 24.4 Å². The van der Waals surface area contributed by atoms with Crippen LogP contribution < -0.4 is 5.32 Å². The Hall–Kier alpha value is -1.81. The number of thiophene rings is 1. The van der Waals surface area contributed by atoms with Crippen LogP contribution in [0, 0.1) is 0 Å². The van der Waals surface area contributed by atoms with E-state index >= 15 is 0 Å². The molecule has 1 aliphatic heterocycles. The van der Waals surface area contributed by atoms with Gasteiger partial charge >= 0.3 is 0 Å². The number of likely N-dealkylation sites (N-methyl/N-ethyl adjacent to an activating group) is 1. The summed E-state index contributed by atoms with van der Waals surface area (Å²) >= 11 is 1.70. The molecule has 2 aromatic rings. The van der Waals surface area contributed by atoms with Gasteiger partial charge in [0.05, 0.1) is 12.0 Å².